The van der Waals surface area contributed by atoms with Gasteiger partial charge in [0.1, 0.15) is 17.2 Å². The van der Waals surface area contributed by atoms with Gasteiger partial charge in [-0.25, -0.2) is 4.79 Å². The van der Waals surface area contributed by atoms with Gasteiger partial charge in [0.05, 0.1) is 18.2 Å². The third kappa shape index (κ3) is 3.86. The molecule has 4 rings (SSSR count). The van der Waals surface area contributed by atoms with Crippen LogP contribution in [0.2, 0.25) is 0 Å². The number of methoxy groups -OCH3 is 1. The first-order chi connectivity index (χ1) is 14.5. The number of halogens is 1. The van der Waals surface area contributed by atoms with E-state index in [0.717, 1.165) is 10.0 Å². The second kappa shape index (κ2) is 8.16. The second-order valence-corrected chi connectivity index (χ2v) is 7.55. The molecular weight excluding hydrogens is 448 g/mol. The SMILES string of the molecule is COc1cccc(C(=O)Oc2cc(C)c3c(c2)O/C(=C\c2ccccc2Br)C3=O)c1. The van der Waals surface area contributed by atoms with Crippen molar-refractivity contribution in [1.29, 1.82) is 0 Å². The summed E-state index contributed by atoms with van der Waals surface area (Å²) in [6.45, 7) is 1.78. The van der Waals surface area contributed by atoms with Gasteiger partial charge in [-0.05, 0) is 54.5 Å². The number of ketones is 1. The first-order valence-corrected chi connectivity index (χ1v) is 9.95. The highest BCUT2D eigenvalue weighted by Crippen LogP contribution is 2.38. The first-order valence-electron chi connectivity index (χ1n) is 9.16. The van der Waals surface area contributed by atoms with Crippen LogP contribution in [0.4, 0.5) is 0 Å². The minimum atomic E-state index is -0.526. The van der Waals surface area contributed by atoms with E-state index < -0.39 is 5.97 Å². The van der Waals surface area contributed by atoms with Gasteiger partial charge in [-0.3, -0.25) is 4.79 Å². The van der Waals surface area contributed by atoms with Crippen molar-refractivity contribution in [3.8, 4) is 17.2 Å². The van der Waals surface area contributed by atoms with Crippen molar-refractivity contribution in [2.75, 3.05) is 7.11 Å². The molecule has 6 heteroatoms. The van der Waals surface area contributed by atoms with Gasteiger partial charge in [-0.2, -0.15) is 0 Å². The average molecular weight is 465 g/mol. The van der Waals surface area contributed by atoms with Gasteiger partial charge in [-0.15, -0.1) is 0 Å². The van der Waals surface area contributed by atoms with Crippen LogP contribution in [0.5, 0.6) is 17.2 Å². The summed E-state index contributed by atoms with van der Waals surface area (Å²) in [4.78, 5) is 25.3. The topological polar surface area (TPSA) is 61.8 Å². The number of benzene rings is 3. The number of Topliss-reactive ketones (excluding diaryl/α,β-unsaturated/α-hetero) is 1. The number of hydrogen-bond donors (Lipinski definition) is 0. The van der Waals surface area contributed by atoms with Gasteiger partial charge in [-0.1, -0.05) is 40.2 Å². The highest BCUT2D eigenvalue weighted by molar-refractivity contribution is 9.10. The zero-order valence-corrected chi connectivity index (χ0v) is 17.9. The highest BCUT2D eigenvalue weighted by Gasteiger charge is 2.30. The number of hydrogen-bond acceptors (Lipinski definition) is 5. The Morgan fingerprint density at radius 1 is 1.03 bits per heavy atom. The molecule has 0 aromatic heterocycles. The van der Waals surface area contributed by atoms with Gasteiger partial charge in [0, 0.05) is 10.5 Å². The summed E-state index contributed by atoms with van der Waals surface area (Å²) in [5, 5.41) is 0. The summed E-state index contributed by atoms with van der Waals surface area (Å²) < 4.78 is 17.3. The Morgan fingerprint density at radius 3 is 2.60 bits per heavy atom. The van der Waals surface area contributed by atoms with Crippen LogP contribution in [0.15, 0.2) is 70.9 Å². The summed E-state index contributed by atoms with van der Waals surface area (Å²) in [6.07, 6.45) is 1.69. The van der Waals surface area contributed by atoms with Crippen LogP contribution in [0.1, 0.15) is 31.8 Å². The van der Waals surface area contributed by atoms with Crippen LogP contribution in [-0.2, 0) is 0 Å². The Hall–Kier alpha value is -3.38. The maximum atomic E-state index is 12.8. The van der Waals surface area contributed by atoms with E-state index >= 15 is 0 Å². The molecule has 3 aromatic carbocycles. The van der Waals surface area contributed by atoms with Crippen molar-refractivity contribution in [2.24, 2.45) is 0 Å². The number of carbonyl (C=O) groups excluding carboxylic acids is 2. The van der Waals surface area contributed by atoms with E-state index in [9.17, 15) is 9.59 Å². The molecule has 0 aliphatic carbocycles. The second-order valence-electron chi connectivity index (χ2n) is 6.70. The minimum Gasteiger partial charge on any atom is -0.497 e. The van der Waals surface area contributed by atoms with Crippen LogP contribution in [-0.4, -0.2) is 18.9 Å². The number of esters is 1. The molecule has 0 amide bonds. The molecule has 0 N–H and O–H groups in total. The molecule has 0 radical (unpaired) electrons. The van der Waals surface area contributed by atoms with Gasteiger partial charge >= 0.3 is 5.97 Å². The molecule has 0 fully saturated rings. The smallest absolute Gasteiger partial charge is 0.343 e. The number of fused-ring (bicyclic) bond motifs is 1. The Kier molecular flexibility index (Phi) is 5.42. The fourth-order valence-electron chi connectivity index (χ4n) is 3.19. The molecule has 30 heavy (non-hydrogen) atoms. The van der Waals surface area contributed by atoms with Crippen molar-refractivity contribution in [1.82, 2.24) is 0 Å². The van der Waals surface area contributed by atoms with Crippen LogP contribution in [0.25, 0.3) is 6.08 Å². The summed E-state index contributed by atoms with van der Waals surface area (Å²) in [5.41, 5.74) is 2.32. The van der Waals surface area contributed by atoms with Crippen LogP contribution in [0.3, 0.4) is 0 Å². The largest absolute Gasteiger partial charge is 0.497 e. The van der Waals surface area contributed by atoms with E-state index in [1.807, 2.05) is 24.3 Å². The lowest BCUT2D eigenvalue weighted by Gasteiger charge is -2.08. The molecule has 1 aliphatic heterocycles. The zero-order valence-electron chi connectivity index (χ0n) is 16.3. The van der Waals surface area contributed by atoms with E-state index in [0.29, 0.717) is 33.9 Å². The molecule has 0 spiro atoms. The maximum Gasteiger partial charge on any atom is 0.343 e. The monoisotopic (exact) mass is 464 g/mol. The van der Waals surface area contributed by atoms with Gasteiger partial charge in [0.15, 0.2) is 5.76 Å². The summed E-state index contributed by atoms with van der Waals surface area (Å²) >= 11 is 3.47. The Morgan fingerprint density at radius 2 is 1.83 bits per heavy atom. The van der Waals surface area contributed by atoms with E-state index in [1.165, 1.54) is 7.11 Å². The number of allylic oxidation sites excluding steroid dienone is 1. The average Bonchev–Trinajstić information content (AvgIpc) is 3.05. The van der Waals surface area contributed by atoms with Crippen molar-refractivity contribution >= 4 is 33.8 Å². The fraction of sp³-hybridized carbons (Fsp3) is 0.0833. The molecule has 5 nitrogen and oxygen atoms in total. The van der Waals surface area contributed by atoms with Crippen molar-refractivity contribution in [2.45, 2.75) is 6.92 Å². The fourth-order valence-corrected chi connectivity index (χ4v) is 3.58. The maximum absolute atomic E-state index is 12.8. The summed E-state index contributed by atoms with van der Waals surface area (Å²) in [5.74, 6) is 0.716. The molecule has 1 aliphatic rings. The van der Waals surface area contributed by atoms with Crippen LogP contribution in [0, 0.1) is 6.92 Å². The molecule has 0 saturated carbocycles. The lowest BCUT2D eigenvalue weighted by molar-refractivity contribution is 0.0734. The van der Waals surface area contributed by atoms with E-state index in [-0.39, 0.29) is 11.5 Å². The standard InChI is InChI=1S/C24H17BrO5/c1-14-10-18(29-24(27)16-7-5-8-17(11-16)28-2)13-20-22(14)23(26)21(30-20)12-15-6-3-4-9-19(15)25/h3-13H,1-2H3/b21-12-. The summed E-state index contributed by atoms with van der Waals surface area (Å²) in [6, 6.07) is 17.4. The van der Waals surface area contributed by atoms with Crippen LogP contribution < -0.4 is 14.2 Å². The Balaban J connectivity index is 1.61. The number of ether oxygens (including phenoxy) is 3. The zero-order chi connectivity index (χ0) is 21.3. The van der Waals surface area contributed by atoms with E-state index in [4.69, 9.17) is 14.2 Å². The number of aryl methyl sites for hydroxylation is 1. The molecule has 3 aromatic rings. The molecule has 150 valence electrons. The van der Waals surface area contributed by atoms with Crippen molar-refractivity contribution < 1.29 is 23.8 Å². The summed E-state index contributed by atoms with van der Waals surface area (Å²) in [7, 11) is 1.53. The van der Waals surface area contributed by atoms with Crippen molar-refractivity contribution in [3.05, 3.63) is 93.1 Å². The van der Waals surface area contributed by atoms with Gasteiger partial charge in [0.25, 0.3) is 0 Å². The Labute approximate surface area is 182 Å². The molecule has 0 saturated heterocycles. The highest BCUT2D eigenvalue weighted by atomic mass is 79.9. The van der Waals surface area contributed by atoms with Gasteiger partial charge in [0.2, 0.25) is 5.78 Å². The van der Waals surface area contributed by atoms with E-state index in [2.05, 4.69) is 15.9 Å². The molecule has 1 heterocycles. The quantitative estimate of drug-likeness (QED) is 0.285. The third-order valence-electron chi connectivity index (χ3n) is 4.65. The molecule has 0 atom stereocenters. The van der Waals surface area contributed by atoms with Gasteiger partial charge < -0.3 is 14.2 Å². The third-order valence-corrected chi connectivity index (χ3v) is 5.37. The predicted molar refractivity (Wildman–Crippen MR) is 116 cm³/mol. The number of rotatable bonds is 4. The van der Waals surface area contributed by atoms with Crippen LogP contribution >= 0.6 is 15.9 Å². The minimum absolute atomic E-state index is 0.205. The lowest BCUT2D eigenvalue weighted by atomic mass is 10.0. The molecule has 0 unspecified atom stereocenters. The molecule has 0 bridgehead atoms. The Bertz CT molecular complexity index is 1200. The predicted octanol–water partition coefficient (Wildman–Crippen LogP) is 5.60. The van der Waals surface area contributed by atoms with E-state index in [1.54, 1.807) is 49.4 Å². The normalized spacial score (nSPS) is 13.7. The lowest BCUT2D eigenvalue weighted by Crippen LogP contribution is -2.09. The number of carbonyl (C=O) groups is 2. The molecular formula is C24H17BrO5. The van der Waals surface area contributed by atoms with Crippen molar-refractivity contribution in [3.63, 3.8) is 0 Å². The first kappa shape index (κ1) is 19.9.